The highest BCUT2D eigenvalue weighted by atomic mass is 16.5. The number of aryl methyl sites for hydroxylation is 2. The highest BCUT2D eigenvalue weighted by molar-refractivity contribution is 6.09. The predicted octanol–water partition coefficient (Wildman–Crippen LogP) is 11.8. The molecule has 0 spiro atoms. The number of benzene rings is 4. The van der Waals surface area contributed by atoms with Crippen LogP contribution in [-0.2, 0) is 12.8 Å². The Hall–Kier alpha value is -5.16. The van der Waals surface area contributed by atoms with Gasteiger partial charge in [-0.3, -0.25) is 4.57 Å². The summed E-state index contributed by atoms with van der Waals surface area (Å²) in [6.45, 7) is 11.0. The van der Waals surface area contributed by atoms with Crippen molar-refractivity contribution in [3.05, 3.63) is 132 Å². The third-order valence-corrected chi connectivity index (χ3v) is 9.46. The van der Waals surface area contributed by atoms with Crippen molar-refractivity contribution < 1.29 is 4.74 Å². The van der Waals surface area contributed by atoms with Crippen LogP contribution in [-0.4, -0.2) is 19.3 Å². The normalized spacial score (nSPS) is 11.6. The highest BCUT2D eigenvalue weighted by Gasteiger charge is 2.17. The van der Waals surface area contributed by atoms with Gasteiger partial charge in [0, 0.05) is 40.4 Å². The Morgan fingerprint density at radius 2 is 1.55 bits per heavy atom. The lowest BCUT2D eigenvalue weighted by atomic mass is 10.0. The van der Waals surface area contributed by atoms with Crippen molar-refractivity contribution in [3.8, 4) is 34.1 Å². The van der Waals surface area contributed by atoms with Gasteiger partial charge < -0.3 is 4.74 Å². The first-order valence-corrected chi connectivity index (χ1v) is 17.8. The number of hydrogen-bond acceptors (Lipinski definition) is 3. The van der Waals surface area contributed by atoms with Crippen molar-refractivity contribution in [2.75, 3.05) is 0 Å². The fraction of sp³-hybridized carbons (Fsp3) is 0.273. The van der Waals surface area contributed by atoms with Gasteiger partial charge in [0.2, 0.25) is 0 Å². The van der Waals surface area contributed by atoms with E-state index in [1.807, 2.05) is 29.1 Å². The molecule has 0 saturated heterocycles. The number of rotatable bonds is 12. The molecule has 0 aliphatic carbocycles. The molecule has 0 amide bonds. The Bertz CT molecular complexity index is 2220. The Balaban J connectivity index is 1.27. The van der Waals surface area contributed by atoms with Gasteiger partial charge in [0.05, 0.1) is 22.4 Å². The van der Waals surface area contributed by atoms with Gasteiger partial charge >= 0.3 is 0 Å². The second-order valence-corrected chi connectivity index (χ2v) is 13.7. The second kappa shape index (κ2) is 14.1. The summed E-state index contributed by atoms with van der Waals surface area (Å²) in [5, 5.41) is 7.39. The van der Waals surface area contributed by atoms with E-state index in [0.717, 1.165) is 52.8 Å². The first-order valence-electron chi connectivity index (χ1n) is 17.8. The van der Waals surface area contributed by atoms with Gasteiger partial charge in [-0.05, 0) is 104 Å². The van der Waals surface area contributed by atoms with Gasteiger partial charge in [0.25, 0.3) is 0 Å². The van der Waals surface area contributed by atoms with Gasteiger partial charge in [-0.25, -0.2) is 9.67 Å². The minimum atomic E-state index is 0.568. The van der Waals surface area contributed by atoms with Crippen molar-refractivity contribution in [3.63, 3.8) is 0 Å². The summed E-state index contributed by atoms with van der Waals surface area (Å²) in [5.41, 5.74) is 10.4. The van der Waals surface area contributed by atoms with E-state index in [1.165, 1.54) is 64.2 Å². The van der Waals surface area contributed by atoms with Crippen LogP contribution in [0, 0.1) is 19.8 Å². The molecule has 0 saturated carbocycles. The zero-order chi connectivity index (χ0) is 33.9. The van der Waals surface area contributed by atoms with E-state index < -0.39 is 0 Å². The summed E-state index contributed by atoms with van der Waals surface area (Å²) in [6, 6.07) is 36.5. The molecule has 0 unspecified atom stereocenters. The van der Waals surface area contributed by atoms with Crippen LogP contribution in [0.1, 0.15) is 69.0 Å². The first-order chi connectivity index (χ1) is 23.9. The molecule has 0 atom stereocenters. The van der Waals surface area contributed by atoms with Crippen LogP contribution >= 0.6 is 0 Å². The van der Waals surface area contributed by atoms with Crippen molar-refractivity contribution in [1.29, 1.82) is 0 Å². The van der Waals surface area contributed by atoms with E-state index in [2.05, 4.69) is 124 Å². The molecule has 248 valence electrons. The highest BCUT2D eigenvalue weighted by Crippen LogP contribution is 2.37. The standard InChI is InChI=1S/C44H46N4O/c1-6-7-8-10-14-33-19-22-41-40(26-33)39-21-20-38(29-42(39)47(41)43-27-34(23-24-45-43)25-30(2)3)49-37-18-13-17-36(28-37)48-32(5)44(31(4)46-48)35-15-11-9-12-16-35/h9,11-13,15-24,26-30H,6-8,10,14,25H2,1-5H3. The second-order valence-electron chi connectivity index (χ2n) is 13.7. The summed E-state index contributed by atoms with van der Waals surface area (Å²) in [5.74, 6) is 3.05. The molecular weight excluding hydrogens is 601 g/mol. The minimum Gasteiger partial charge on any atom is -0.457 e. The number of unbranched alkanes of at least 4 members (excludes halogenated alkanes) is 3. The largest absolute Gasteiger partial charge is 0.457 e. The van der Waals surface area contributed by atoms with Crippen LogP contribution in [0.5, 0.6) is 11.5 Å². The summed E-state index contributed by atoms with van der Waals surface area (Å²) in [6.07, 6.45) is 9.10. The first kappa shape index (κ1) is 32.4. The fourth-order valence-corrected chi connectivity index (χ4v) is 7.18. The maximum absolute atomic E-state index is 6.60. The number of pyridine rings is 1. The molecule has 0 fully saturated rings. The minimum absolute atomic E-state index is 0.568. The zero-order valence-corrected chi connectivity index (χ0v) is 29.4. The van der Waals surface area contributed by atoms with Gasteiger partial charge in [-0.1, -0.05) is 82.5 Å². The molecule has 0 radical (unpaired) electrons. The smallest absolute Gasteiger partial charge is 0.137 e. The molecule has 5 nitrogen and oxygen atoms in total. The molecule has 7 aromatic rings. The van der Waals surface area contributed by atoms with E-state index in [-0.39, 0.29) is 0 Å². The van der Waals surface area contributed by atoms with Crippen LogP contribution in [0.2, 0.25) is 0 Å². The van der Waals surface area contributed by atoms with E-state index in [1.54, 1.807) is 0 Å². The SMILES string of the molecule is CCCCCCc1ccc2c(c1)c1ccc(Oc3cccc(-n4nc(C)c(-c5ccccc5)c4C)c3)cc1n2-c1cc(CC(C)C)ccn1. The van der Waals surface area contributed by atoms with E-state index >= 15 is 0 Å². The molecule has 5 heteroatoms. The molecule has 3 heterocycles. The summed E-state index contributed by atoms with van der Waals surface area (Å²) in [4.78, 5) is 4.89. The van der Waals surface area contributed by atoms with Crippen LogP contribution < -0.4 is 4.74 Å². The maximum Gasteiger partial charge on any atom is 0.137 e. The number of nitrogens with zero attached hydrogens (tertiary/aromatic N) is 4. The topological polar surface area (TPSA) is 44.9 Å². The average Bonchev–Trinajstić information content (AvgIpc) is 3.59. The molecule has 0 N–H and O–H groups in total. The third kappa shape index (κ3) is 6.76. The number of hydrogen-bond donors (Lipinski definition) is 0. The quantitative estimate of drug-likeness (QED) is 0.124. The van der Waals surface area contributed by atoms with Crippen LogP contribution in [0.4, 0.5) is 0 Å². The molecular formula is C44H46N4O. The zero-order valence-electron chi connectivity index (χ0n) is 29.4. The monoisotopic (exact) mass is 646 g/mol. The molecule has 3 aromatic heterocycles. The van der Waals surface area contributed by atoms with Gasteiger partial charge in [-0.2, -0.15) is 5.10 Å². The predicted molar refractivity (Wildman–Crippen MR) is 204 cm³/mol. The van der Waals surface area contributed by atoms with Gasteiger partial charge in [0.1, 0.15) is 17.3 Å². The fourth-order valence-electron chi connectivity index (χ4n) is 7.18. The average molecular weight is 647 g/mol. The van der Waals surface area contributed by atoms with E-state index in [0.29, 0.717) is 5.92 Å². The summed E-state index contributed by atoms with van der Waals surface area (Å²) >= 11 is 0. The third-order valence-electron chi connectivity index (χ3n) is 9.46. The molecule has 4 aromatic carbocycles. The Morgan fingerprint density at radius 1 is 0.714 bits per heavy atom. The lowest BCUT2D eigenvalue weighted by Gasteiger charge is -2.12. The lowest BCUT2D eigenvalue weighted by Crippen LogP contribution is -2.01. The Kier molecular flexibility index (Phi) is 9.34. The van der Waals surface area contributed by atoms with Crippen molar-refractivity contribution in [1.82, 2.24) is 19.3 Å². The molecule has 0 aliphatic rings. The van der Waals surface area contributed by atoms with E-state index in [9.17, 15) is 0 Å². The molecule has 0 aliphatic heterocycles. The van der Waals surface area contributed by atoms with Crippen LogP contribution in [0.25, 0.3) is 44.4 Å². The Labute approximate surface area is 290 Å². The molecule has 0 bridgehead atoms. The van der Waals surface area contributed by atoms with Gasteiger partial charge in [-0.15, -0.1) is 0 Å². The molecule has 7 rings (SSSR count). The number of ether oxygens (including phenoxy) is 1. The van der Waals surface area contributed by atoms with Crippen molar-refractivity contribution in [2.45, 2.75) is 73.1 Å². The van der Waals surface area contributed by atoms with Gasteiger partial charge in [0.15, 0.2) is 0 Å². The lowest BCUT2D eigenvalue weighted by molar-refractivity contribution is 0.482. The summed E-state index contributed by atoms with van der Waals surface area (Å²) < 4.78 is 10.9. The maximum atomic E-state index is 6.60. The molecule has 49 heavy (non-hydrogen) atoms. The van der Waals surface area contributed by atoms with Crippen molar-refractivity contribution >= 4 is 21.8 Å². The Morgan fingerprint density at radius 3 is 2.37 bits per heavy atom. The summed E-state index contributed by atoms with van der Waals surface area (Å²) in [7, 11) is 0. The number of aromatic nitrogens is 4. The van der Waals surface area contributed by atoms with E-state index in [4.69, 9.17) is 14.8 Å². The number of fused-ring (bicyclic) bond motifs is 3. The van der Waals surface area contributed by atoms with Crippen LogP contribution in [0.15, 0.2) is 109 Å². The van der Waals surface area contributed by atoms with Crippen molar-refractivity contribution in [2.24, 2.45) is 5.92 Å². The van der Waals surface area contributed by atoms with Crippen LogP contribution in [0.3, 0.4) is 0 Å².